The maximum atomic E-state index is 12.2. The third kappa shape index (κ3) is 4.17. The van der Waals surface area contributed by atoms with Crippen LogP contribution >= 0.6 is 22.9 Å². The molecule has 1 aliphatic rings. The highest BCUT2D eigenvalue weighted by Gasteiger charge is 2.25. The number of aliphatic imine (C=N–C) groups is 1. The van der Waals surface area contributed by atoms with E-state index in [0.717, 1.165) is 11.1 Å². The molecule has 0 unspecified atom stereocenters. The number of ether oxygens (including phenoxy) is 1. The molecular weight excluding hydrogens is 422 g/mol. The lowest BCUT2D eigenvalue weighted by molar-refractivity contribution is -0.130. The van der Waals surface area contributed by atoms with Crippen molar-refractivity contribution in [2.24, 2.45) is 4.99 Å². The van der Waals surface area contributed by atoms with Crippen molar-refractivity contribution in [1.82, 2.24) is 4.98 Å². The SMILES string of the molecule is CC(=O)N(c1cccc(Cl)c1)c1nc(C=C2N=C(c3ccc(C)cc3)OC2=O)cs1. The highest BCUT2D eigenvalue weighted by molar-refractivity contribution is 7.14. The Hall–Kier alpha value is -3.29. The van der Waals surface area contributed by atoms with Crippen LogP contribution in [0.3, 0.4) is 0 Å². The number of hydrogen-bond acceptors (Lipinski definition) is 6. The molecule has 1 aromatic heterocycles. The number of aryl methyl sites for hydroxylation is 1. The van der Waals surface area contributed by atoms with Crippen LogP contribution in [0.5, 0.6) is 0 Å². The largest absolute Gasteiger partial charge is 0.402 e. The van der Waals surface area contributed by atoms with Crippen LogP contribution in [0.4, 0.5) is 10.8 Å². The van der Waals surface area contributed by atoms with E-state index in [1.165, 1.54) is 23.2 Å². The predicted octanol–water partition coefficient (Wildman–Crippen LogP) is 5.13. The minimum atomic E-state index is -0.543. The van der Waals surface area contributed by atoms with E-state index in [-0.39, 0.29) is 17.5 Å². The Morgan fingerprint density at radius 3 is 2.67 bits per heavy atom. The van der Waals surface area contributed by atoms with E-state index >= 15 is 0 Å². The van der Waals surface area contributed by atoms with Gasteiger partial charge in [0.25, 0.3) is 0 Å². The summed E-state index contributed by atoms with van der Waals surface area (Å²) in [5, 5.41) is 2.73. The number of hydrogen-bond donors (Lipinski definition) is 0. The van der Waals surface area contributed by atoms with Gasteiger partial charge in [0.15, 0.2) is 10.8 Å². The number of esters is 1. The van der Waals surface area contributed by atoms with E-state index < -0.39 is 5.97 Å². The first-order valence-corrected chi connectivity index (χ1v) is 10.3. The van der Waals surface area contributed by atoms with Gasteiger partial charge in [-0.15, -0.1) is 11.3 Å². The number of carbonyl (C=O) groups is 2. The molecule has 0 aliphatic carbocycles. The quantitative estimate of drug-likeness (QED) is 0.418. The lowest BCUT2D eigenvalue weighted by Crippen LogP contribution is -2.22. The molecule has 0 spiro atoms. The first-order valence-electron chi connectivity index (χ1n) is 9.02. The zero-order chi connectivity index (χ0) is 21.3. The lowest BCUT2D eigenvalue weighted by Gasteiger charge is -2.18. The summed E-state index contributed by atoms with van der Waals surface area (Å²) in [6.07, 6.45) is 1.54. The lowest BCUT2D eigenvalue weighted by atomic mass is 10.1. The normalized spacial score (nSPS) is 14.6. The second kappa shape index (κ2) is 8.22. The molecule has 0 bridgehead atoms. The molecule has 1 amide bonds. The van der Waals surface area contributed by atoms with Crippen molar-refractivity contribution in [1.29, 1.82) is 0 Å². The Morgan fingerprint density at radius 1 is 1.20 bits per heavy atom. The van der Waals surface area contributed by atoms with Gasteiger partial charge in [-0.05, 0) is 43.3 Å². The molecule has 2 heterocycles. The van der Waals surface area contributed by atoms with Crippen LogP contribution in [0.1, 0.15) is 23.7 Å². The van der Waals surface area contributed by atoms with Crippen LogP contribution in [0.15, 0.2) is 64.6 Å². The molecule has 3 aromatic rings. The Bertz CT molecular complexity index is 1200. The van der Waals surface area contributed by atoms with Crippen molar-refractivity contribution >= 4 is 57.6 Å². The van der Waals surface area contributed by atoms with Gasteiger partial charge >= 0.3 is 5.97 Å². The summed E-state index contributed by atoms with van der Waals surface area (Å²) >= 11 is 7.33. The molecule has 0 atom stereocenters. The zero-order valence-electron chi connectivity index (χ0n) is 16.1. The van der Waals surface area contributed by atoms with Crippen molar-refractivity contribution in [2.45, 2.75) is 13.8 Å². The van der Waals surface area contributed by atoms with E-state index in [4.69, 9.17) is 16.3 Å². The Labute approximate surface area is 182 Å². The van der Waals surface area contributed by atoms with Gasteiger partial charge in [-0.2, -0.15) is 0 Å². The number of nitrogens with zero attached hydrogens (tertiary/aromatic N) is 3. The molecule has 0 N–H and O–H groups in total. The summed E-state index contributed by atoms with van der Waals surface area (Å²) in [7, 11) is 0. The van der Waals surface area contributed by atoms with Crippen LogP contribution in [-0.4, -0.2) is 22.8 Å². The van der Waals surface area contributed by atoms with E-state index in [1.54, 1.807) is 35.7 Å². The van der Waals surface area contributed by atoms with Crippen molar-refractivity contribution in [2.75, 3.05) is 4.90 Å². The number of aromatic nitrogens is 1. The average molecular weight is 438 g/mol. The molecule has 4 rings (SSSR count). The van der Waals surface area contributed by atoms with Gasteiger partial charge in [0.05, 0.1) is 11.4 Å². The number of rotatable bonds is 4. The molecule has 0 fully saturated rings. The average Bonchev–Trinajstić information content (AvgIpc) is 3.30. The van der Waals surface area contributed by atoms with E-state index in [9.17, 15) is 9.59 Å². The minimum Gasteiger partial charge on any atom is -0.402 e. The van der Waals surface area contributed by atoms with Crippen LogP contribution in [0, 0.1) is 6.92 Å². The molecule has 30 heavy (non-hydrogen) atoms. The summed E-state index contributed by atoms with van der Waals surface area (Å²) in [5.41, 5.74) is 3.09. The first kappa shape index (κ1) is 20.0. The number of anilines is 2. The Kier molecular flexibility index (Phi) is 5.48. The molecular formula is C22H16ClN3O3S. The summed E-state index contributed by atoms with van der Waals surface area (Å²) in [6.45, 7) is 3.43. The summed E-state index contributed by atoms with van der Waals surface area (Å²) in [4.78, 5) is 34.7. The van der Waals surface area contributed by atoms with Gasteiger partial charge in [-0.1, -0.05) is 35.4 Å². The molecule has 6 nitrogen and oxygen atoms in total. The van der Waals surface area contributed by atoms with E-state index in [1.807, 2.05) is 31.2 Å². The van der Waals surface area contributed by atoms with Gasteiger partial charge in [0, 0.05) is 22.9 Å². The standard InChI is InChI=1S/C22H16ClN3O3S/c1-13-6-8-15(9-7-13)20-25-19(21(28)29-20)11-17-12-30-22(24-17)26(14(2)27)18-5-3-4-16(23)10-18/h3-12H,1-2H3. The van der Waals surface area contributed by atoms with Gasteiger partial charge < -0.3 is 4.74 Å². The monoisotopic (exact) mass is 437 g/mol. The third-order valence-electron chi connectivity index (χ3n) is 4.29. The third-order valence-corrected chi connectivity index (χ3v) is 5.37. The van der Waals surface area contributed by atoms with Crippen molar-refractivity contribution in [3.63, 3.8) is 0 Å². The van der Waals surface area contributed by atoms with E-state index in [0.29, 0.717) is 21.5 Å². The number of thiazole rings is 1. The van der Waals surface area contributed by atoms with Crippen LogP contribution < -0.4 is 4.90 Å². The minimum absolute atomic E-state index is 0.152. The maximum Gasteiger partial charge on any atom is 0.363 e. The zero-order valence-corrected chi connectivity index (χ0v) is 17.7. The summed E-state index contributed by atoms with van der Waals surface area (Å²) < 4.78 is 5.29. The number of cyclic esters (lactones) is 1. The van der Waals surface area contributed by atoms with Gasteiger partial charge in [0.2, 0.25) is 11.8 Å². The molecule has 0 saturated heterocycles. The fraction of sp³-hybridized carbons (Fsp3) is 0.0909. The summed E-state index contributed by atoms with van der Waals surface area (Å²) in [5.74, 6) is -0.491. The fourth-order valence-corrected chi connectivity index (χ4v) is 3.89. The summed E-state index contributed by atoms with van der Waals surface area (Å²) in [6, 6.07) is 14.5. The highest BCUT2D eigenvalue weighted by atomic mass is 35.5. The maximum absolute atomic E-state index is 12.2. The van der Waals surface area contributed by atoms with E-state index in [2.05, 4.69) is 9.98 Å². The molecule has 150 valence electrons. The molecule has 1 aliphatic heterocycles. The second-order valence-electron chi connectivity index (χ2n) is 6.59. The molecule has 0 saturated carbocycles. The van der Waals surface area contributed by atoms with Crippen LogP contribution in [0.25, 0.3) is 6.08 Å². The van der Waals surface area contributed by atoms with Gasteiger partial charge in [0.1, 0.15) is 0 Å². The van der Waals surface area contributed by atoms with Gasteiger partial charge in [-0.3, -0.25) is 9.69 Å². The topological polar surface area (TPSA) is 71.9 Å². The van der Waals surface area contributed by atoms with Crippen LogP contribution in [0.2, 0.25) is 5.02 Å². The number of amides is 1. The first-order chi connectivity index (χ1) is 14.4. The Morgan fingerprint density at radius 2 is 1.97 bits per heavy atom. The highest BCUT2D eigenvalue weighted by Crippen LogP contribution is 2.31. The molecule has 0 radical (unpaired) electrons. The number of halogens is 1. The number of carbonyl (C=O) groups excluding carboxylic acids is 2. The van der Waals surface area contributed by atoms with Crippen molar-refractivity contribution < 1.29 is 14.3 Å². The second-order valence-corrected chi connectivity index (χ2v) is 7.86. The molecule has 2 aromatic carbocycles. The van der Waals surface area contributed by atoms with Crippen LogP contribution in [-0.2, 0) is 14.3 Å². The predicted molar refractivity (Wildman–Crippen MR) is 118 cm³/mol. The smallest absolute Gasteiger partial charge is 0.363 e. The van der Waals surface area contributed by atoms with Crippen molar-refractivity contribution in [3.8, 4) is 0 Å². The fourth-order valence-electron chi connectivity index (χ4n) is 2.86. The Balaban J connectivity index is 1.63. The van der Waals surface area contributed by atoms with Gasteiger partial charge in [-0.25, -0.2) is 14.8 Å². The molecule has 8 heteroatoms. The van der Waals surface area contributed by atoms with Crippen molar-refractivity contribution in [3.05, 3.63) is 81.5 Å². The number of benzene rings is 2.